The van der Waals surface area contributed by atoms with E-state index in [-0.39, 0.29) is 5.91 Å². The number of nitrogens with one attached hydrogen (secondary N) is 1. The van der Waals surface area contributed by atoms with Crippen molar-refractivity contribution in [3.63, 3.8) is 0 Å². The molecule has 0 aromatic heterocycles. The van der Waals surface area contributed by atoms with Gasteiger partial charge in [-0.15, -0.1) is 0 Å². The Bertz CT molecular complexity index is 502. The zero-order chi connectivity index (χ0) is 14.8. The molecule has 2 saturated heterocycles. The number of benzene rings is 1. The van der Waals surface area contributed by atoms with Gasteiger partial charge in [0.25, 0.3) is 5.91 Å². The van der Waals surface area contributed by atoms with E-state index in [1.807, 2.05) is 31.2 Å². The van der Waals surface area contributed by atoms with Gasteiger partial charge in [0.1, 0.15) is 0 Å². The maximum Gasteiger partial charge on any atom is 0.254 e. The zero-order valence-electron chi connectivity index (χ0n) is 13.1. The smallest absolute Gasteiger partial charge is 0.254 e. The highest BCUT2D eigenvalue weighted by molar-refractivity contribution is 5.94. The van der Waals surface area contributed by atoms with Crippen molar-refractivity contribution < 1.29 is 4.79 Å². The summed E-state index contributed by atoms with van der Waals surface area (Å²) in [6, 6.07) is 9.66. The number of piperidine rings is 1. The third-order valence-electron chi connectivity index (χ3n) is 4.88. The van der Waals surface area contributed by atoms with Crippen LogP contribution in [0.4, 0.5) is 0 Å². The molecule has 1 aromatic rings. The van der Waals surface area contributed by atoms with E-state index in [0.717, 1.165) is 36.9 Å². The highest BCUT2D eigenvalue weighted by Crippen LogP contribution is 2.30. The number of nitrogens with zero attached hydrogens (tertiary/aromatic N) is 1. The average Bonchev–Trinajstić information content (AvgIpc) is 2.82. The highest BCUT2D eigenvalue weighted by atomic mass is 16.2. The fraction of sp³-hybridized carbons (Fsp3) is 0.611. The van der Waals surface area contributed by atoms with Gasteiger partial charge in [0.15, 0.2) is 0 Å². The summed E-state index contributed by atoms with van der Waals surface area (Å²) in [6.45, 7) is 5.08. The van der Waals surface area contributed by atoms with Crippen molar-refractivity contribution in [3.05, 3.63) is 35.4 Å². The van der Waals surface area contributed by atoms with Gasteiger partial charge in [0.05, 0.1) is 0 Å². The van der Waals surface area contributed by atoms with Crippen molar-refractivity contribution in [1.82, 2.24) is 10.2 Å². The van der Waals surface area contributed by atoms with E-state index in [0.29, 0.717) is 18.1 Å². The first kappa shape index (κ1) is 14.6. The van der Waals surface area contributed by atoms with Crippen molar-refractivity contribution in [2.75, 3.05) is 6.54 Å². The molecule has 21 heavy (non-hydrogen) atoms. The van der Waals surface area contributed by atoms with Crippen LogP contribution in [0, 0.1) is 6.92 Å². The van der Waals surface area contributed by atoms with Gasteiger partial charge in [-0.2, -0.15) is 0 Å². The maximum atomic E-state index is 12.9. The third-order valence-corrected chi connectivity index (χ3v) is 4.88. The summed E-state index contributed by atoms with van der Waals surface area (Å²) >= 11 is 0. The maximum absolute atomic E-state index is 12.9. The minimum atomic E-state index is 0.215. The average molecular weight is 286 g/mol. The van der Waals surface area contributed by atoms with Crippen LogP contribution in [-0.4, -0.2) is 35.5 Å². The van der Waals surface area contributed by atoms with Crippen molar-refractivity contribution in [2.45, 2.75) is 64.1 Å². The second kappa shape index (κ2) is 6.18. The van der Waals surface area contributed by atoms with Gasteiger partial charge in [-0.25, -0.2) is 0 Å². The monoisotopic (exact) mass is 286 g/mol. The van der Waals surface area contributed by atoms with E-state index in [1.54, 1.807) is 0 Å². The molecule has 2 aliphatic heterocycles. The third kappa shape index (κ3) is 3.13. The Morgan fingerprint density at radius 2 is 2.00 bits per heavy atom. The van der Waals surface area contributed by atoms with E-state index < -0.39 is 0 Å². The number of amides is 1. The van der Waals surface area contributed by atoms with Gasteiger partial charge in [-0.05, 0) is 51.2 Å². The summed E-state index contributed by atoms with van der Waals surface area (Å²) in [6.07, 6.45) is 5.82. The molecule has 2 unspecified atom stereocenters. The second-order valence-electron chi connectivity index (χ2n) is 6.63. The number of rotatable bonds is 4. The molecule has 0 aliphatic carbocycles. The molecule has 3 heteroatoms. The lowest BCUT2D eigenvalue weighted by molar-refractivity contribution is 0.0616. The molecule has 3 nitrogen and oxygen atoms in total. The number of hydrogen-bond acceptors (Lipinski definition) is 2. The molecule has 2 fully saturated rings. The molecule has 0 radical (unpaired) electrons. The molecule has 1 N–H and O–H groups in total. The number of carbonyl (C=O) groups excluding carboxylic acids is 1. The topological polar surface area (TPSA) is 32.3 Å². The molecule has 0 saturated carbocycles. The Morgan fingerprint density at radius 1 is 1.29 bits per heavy atom. The number of fused-ring (bicyclic) bond motifs is 2. The Balaban J connectivity index is 1.79. The van der Waals surface area contributed by atoms with Crippen LogP contribution in [0.2, 0.25) is 0 Å². The summed E-state index contributed by atoms with van der Waals surface area (Å²) in [5.74, 6) is 0.215. The lowest BCUT2D eigenvalue weighted by atomic mass is 9.97. The zero-order valence-corrected chi connectivity index (χ0v) is 13.1. The summed E-state index contributed by atoms with van der Waals surface area (Å²) in [7, 11) is 0. The lowest BCUT2D eigenvalue weighted by Gasteiger charge is -2.38. The van der Waals surface area contributed by atoms with Crippen LogP contribution in [0.3, 0.4) is 0 Å². The molecule has 0 spiro atoms. The van der Waals surface area contributed by atoms with E-state index in [4.69, 9.17) is 0 Å². The first-order chi connectivity index (χ1) is 10.2. The van der Waals surface area contributed by atoms with Gasteiger partial charge in [-0.3, -0.25) is 4.79 Å². The minimum absolute atomic E-state index is 0.215. The van der Waals surface area contributed by atoms with E-state index in [1.165, 1.54) is 12.8 Å². The molecule has 2 bridgehead atoms. The lowest BCUT2D eigenvalue weighted by Crippen LogP contribution is -2.50. The van der Waals surface area contributed by atoms with Gasteiger partial charge >= 0.3 is 0 Å². The van der Waals surface area contributed by atoms with Gasteiger partial charge in [0.2, 0.25) is 0 Å². The Kier molecular flexibility index (Phi) is 4.29. The van der Waals surface area contributed by atoms with Crippen molar-refractivity contribution >= 4 is 5.91 Å². The van der Waals surface area contributed by atoms with Crippen molar-refractivity contribution in [3.8, 4) is 0 Å². The van der Waals surface area contributed by atoms with E-state index in [2.05, 4.69) is 17.1 Å². The first-order valence-corrected chi connectivity index (χ1v) is 8.31. The SMILES string of the molecule is CCCN(C(=O)c1cccc(C)c1)C1CC2CCC(C1)N2. The molecule has 2 aliphatic rings. The number of carbonyl (C=O) groups is 1. The number of hydrogen-bond donors (Lipinski definition) is 1. The predicted molar refractivity (Wildman–Crippen MR) is 85.5 cm³/mol. The Hall–Kier alpha value is -1.35. The van der Waals surface area contributed by atoms with Gasteiger partial charge in [-0.1, -0.05) is 24.6 Å². The fourth-order valence-corrected chi connectivity index (χ4v) is 3.92. The molecular weight excluding hydrogens is 260 g/mol. The largest absolute Gasteiger partial charge is 0.336 e. The van der Waals surface area contributed by atoms with Crippen LogP contribution in [-0.2, 0) is 0 Å². The first-order valence-electron chi connectivity index (χ1n) is 8.31. The van der Waals surface area contributed by atoms with Crippen molar-refractivity contribution in [1.29, 1.82) is 0 Å². The molecular formula is C18H26N2O. The van der Waals surface area contributed by atoms with Crippen LogP contribution in [0.25, 0.3) is 0 Å². The summed E-state index contributed by atoms with van der Waals surface area (Å²) in [5, 5.41) is 3.67. The van der Waals surface area contributed by atoms with E-state index >= 15 is 0 Å². The summed E-state index contributed by atoms with van der Waals surface area (Å²) in [4.78, 5) is 15.1. The minimum Gasteiger partial charge on any atom is -0.336 e. The van der Waals surface area contributed by atoms with E-state index in [9.17, 15) is 4.79 Å². The standard InChI is InChI=1S/C18H26N2O/c1-3-9-20(17-11-15-7-8-16(12-17)19-15)18(21)14-6-4-5-13(2)10-14/h4-6,10,15-17,19H,3,7-9,11-12H2,1-2H3. The number of aryl methyl sites for hydroxylation is 1. The van der Waals surface area contributed by atoms with Gasteiger partial charge < -0.3 is 10.2 Å². The van der Waals surface area contributed by atoms with Gasteiger partial charge in [0, 0.05) is 30.2 Å². The quantitative estimate of drug-likeness (QED) is 0.922. The molecule has 114 valence electrons. The molecule has 2 atom stereocenters. The molecule has 3 rings (SSSR count). The summed E-state index contributed by atoms with van der Waals surface area (Å²) < 4.78 is 0. The van der Waals surface area contributed by atoms with Crippen LogP contribution in [0.15, 0.2) is 24.3 Å². The van der Waals surface area contributed by atoms with Crippen LogP contribution < -0.4 is 5.32 Å². The Morgan fingerprint density at radius 3 is 2.62 bits per heavy atom. The fourth-order valence-electron chi connectivity index (χ4n) is 3.92. The molecule has 1 amide bonds. The van der Waals surface area contributed by atoms with Crippen molar-refractivity contribution in [2.24, 2.45) is 0 Å². The van der Waals surface area contributed by atoms with Crippen LogP contribution in [0.1, 0.15) is 54.9 Å². The van der Waals surface area contributed by atoms with Crippen LogP contribution >= 0.6 is 0 Å². The highest BCUT2D eigenvalue weighted by Gasteiger charge is 2.37. The molecule has 1 aromatic carbocycles. The summed E-state index contributed by atoms with van der Waals surface area (Å²) in [5.41, 5.74) is 2.00. The molecule has 2 heterocycles. The second-order valence-corrected chi connectivity index (χ2v) is 6.63. The Labute approximate surface area is 127 Å². The van der Waals surface area contributed by atoms with Crippen LogP contribution in [0.5, 0.6) is 0 Å². The normalized spacial score (nSPS) is 27.6. The predicted octanol–water partition coefficient (Wildman–Crippen LogP) is 3.13.